The average molecular weight is 274 g/mol. The fraction of sp³-hybridized carbons (Fsp3) is 0.529. The van der Waals surface area contributed by atoms with Crippen molar-refractivity contribution in [3.63, 3.8) is 0 Å². The van der Waals surface area contributed by atoms with Crippen molar-refractivity contribution in [2.75, 3.05) is 46.4 Å². The topological polar surface area (TPSA) is 15.7 Å². The molecule has 0 atom stereocenters. The maximum Gasteiger partial charge on any atom is 0.122 e. The zero-order chi connectivity index (χ0) is 14.4. The molecule has 1 aliphatic heterocycles. The number of piperazine rings is 1. The molecule has 1 aromatic carbocycles. The maximum atomic E-state index is 5.97. The van der Waals surface area contributed by atoms with Gasteiger partial charge in [0.2, 0.25) is 0 Å². The van der Waals surface area contributed by atoms with E-state index in [9.17, 15) is 0 Å². The molecule has 110 valence electrons. The van der Waals surface area contributed by atoms with Crippen LogP contribution in [-0.2, 0) is 6.42 Å². The highest BCUT2D eigenvalue weighted by atomic mass is 16.5. The average Bonchev–Trinajstić information content (AvgIpc) is 2.44. The second-order valence-corrected chi connectivity index (χ2v) is 5.60. The summed E-state index contributed by atoms with van der Waals surface area (Å²) in [6.07, 6.45) is 2.80. The van der Waals surface area contributed by atoms with Crippen molar-refractivity contribution in [1.29, 1.82) is 0 Å². The van der Waals surface area contributed by atoms with Gasteiger partial charge in [-0.2, -0.15) is 0 Å². The van der Waals surface area contributed by atoms with Crippen LogP contribution in [0.15, 0.2) is 30.9 Å². The number of allylic oxidation sites excluding steroid dienone is 1. The molecule has 2 rings (SSSR count). The molecule has 3 heteroatoms. The van der Waals surface area contributed by atoms with Crippen molar-refractivity contribution in [1.82, 2.24) is 9.80 Å². The fourth-order valence-corrected chi connectivity index (χ4v) is 2.52. The van der Waals surface area contributed by atoms with Gasteiger partial charge < -0.3 is 9.64 Å². The Morgan fingerprint density at radius 2 is 2.00 bits per heavy atom. The summed E-state index contributed by atoms with van der Waals surface area (Å²) in [5.41, 5.74) is 2.51. The molecule has 0 saturated carbocycles. The maximum absolute atomic E-state index is 5.97. The predicted molar refractivity (Wildman–Crippen MR) is 84.5 cm³/mol. The molecule has 0 unspecified atom stereocenters. The zero-order valence-corrected chi connectivity index (χ0v) is 12.8. The molecule has 0 amide bonds. The highest BCUT2D eigenvalue weighted by Crippen LogP contribution is 2.21. The molecule has 0 bridgehead atoms. The molecular weight excluding hydrogens is 248 g/mol. The summed E-state index contributed by atoms with van der Waals surface area (Å²) in [4.78, 5) is 4.85. The fourth-order valence-electron chi connectivity index (χ4n) is 2.52. The number of aryl methyl sites for hydroxylation is 1. The second kappa shape index (κ2) is 7.46. The van der Waals surface area contributed by atoms with E-state index in [1.165, 1.54) is 11.1 Å². The molecule has 1 heterocycles. The van der Waals surface area contributed by atoms with Crippen LogP contribution in [0.1, 0.15) is 11.1 Å². The van der Waals surface area contributed by atoms with Crippen molar-refractivity contribution >= 4 is 0 Å². The van der Waals surface area contributed by atoms with Crippen molar-refractivity contribution in [2.45, 2.75) is 13.3 Å². The lowest BCUT2D eigenvalue weighted by Gasteiger charge is -2.32. The number of ether oxygens (including phenoxy) is 1. The summed E-state index contributed by atoms with van der Waals surface area (Å²) in [6.45, 7) is 12.3. The first kappa shape index (κ1) is 15.1. The van der Waals surface area contributed by atoms with Gasteiger partial charge in [-0.25, -0.2) is 0 Å². The molecule has 1 aliphatic rings. The molecular formula is C17H26N2O. The van der Waals surface area contributed by atoms with Crippen LogP contribution < -0.4 is 4.74 Å². The monoisotopic (exact) mass is 274 g/mol. The van der Waals surface area contributed by atoms with Gasteiger partial charge in [-0.3, -0.25) is 4.90 Å². The smallest absolute Gasteiger partial charge is 0.122 e. The van der Waals surface area contributed by atoms with Gasteiger partial charge in [0.05, 0.1) is 0 Å². The summed E-state index contributed by atoms with van der Waals surface area (Å²) in [6, 6.07) is 6.38. The summed E-state index contributed by atoms with van der Waals surface area (Å²) < 4.78 is 5.97. The normalized spacial score (nSPS) is 17.1. The first-order chi connectivity index (χ1) is 9.69. The minimum absolute atomic E-state index is 0.761. The van der Waals surface area contributed by atoms with Crippen LogP contribution in [0.25, 0.3) is 0 Å². The Morgan fingerprint density at radius 1 is 1.25 bits per heavy atom. The van der Waals surface area contributed by atoms with E-state index in [2.05, 4.69) is 48.5 Å². The van der Waals surface area contributed by atoms with Crippen LogP contribution in [-0.4, -0.2) is 56.2 Å². The number of nitrogens with zero attached hydrogens (tertiary/aromatic N) is 2. The van der Waals surface area contributed by atoms with Gasteiger partial charge in [0.15, 0.2) is 0 Å². The molecule has 0 aliphatic carbocycles. The minimum Gasteiger partial charge on any atom is -0.492 e. The quantitative estimate of drug-likeness (QED) is 0.741. The van der Waals surface area contributed by atoms with Crippen LogP contribution in [0.2, 0.25) is 0 Å². The molecule has 1 fully saturated rings. The molecule has 0 spiro atoms. The largest absolute Gasteiger partial charge is 0.492 e. The molecule has 0 aromatic heterocycles. The summed E-state index contributed by atoms with van der Waals surface area (Å²) in [7, 11) is 2.18. The van der Waals surface area contributed by atoms with Crippen LogP contribution in [0.4, 0.5) is 0 Å². The van der Waals surface area contributed by atoms with Crippen molar-refractivity contribution in [2.24, 2.45) is 0 Å². The Labute approximate surface area is 122 Å². The number of hydrogen-bond donors (Lipinski definition) is 0. The zero-order valence-electron chi connectivity index (χ0n) is 12.8. The molecule has 0 N–H and O–H groups in total. The van der Waals surface area contributed by atoms with Crippen LogP contribution >= 0.6 is 0 Å². The third-order valence-corrected chi connectivity index (χ3v) is 3.84. The van der Waals surface area contributed by atoms with Crippen molar-refractivity contribution in [3.05, 3.63) is 42.0 Å². The van der Waals surface area contributed by atoms with Gasteiger partial charge in [0.25, 0.3) is 0 Å². The Balaban J connectivity index is 1.83. The first-order valence-electron chi connectivity index (χ1n) is 7.43. The van der Waals surface area contributed by atoms with E-state index in [0.717, 1.165) is 51.5 Å². The van der Waals surface area contributed by atoms with Crippen LogP contribution in [0, 0.1) is 6.92 Å². The van der Waals surface area contributed by atoms with Gasteiger partial charge in [0.1, 0.15) is 12.4 Å². The summed E-state index contributed by atoms with van der Waals surface area (Å²) in [5, 5.41) is 0. The van der Waals surface area contributed by atoms with Gasteiger partial charge in [0, 0.05) is 32.7 Å². The Bertz CT molecular complexity index is 437. The van der Waals surface area contributed by atoms with Gasteiger partial charge in [-0.1, -0.05) is 23.8 Å². The van der Waals surface area contributed by atoms with E-state index in [1.54, 1.807) is 0 Å². The Kier molecular flexibility index (Phi) is 5.62. The van der Waals surface area contributed by atoms with Crippen molar-refractivity contribution in [3.8, 4) is 5.75 Å². The lowest BCUT2D eigenvalue weighted by molar-refractivity contribution is 0.133. The number of likely N-dealkylation sites (N-methyl/N-ethyl adjacent to an activating group) is 1. The van der Waals surface area contributed by atoms with Gasteiger partial charge >= 0.3 is 0 Å². The standard InChI is InChI=1S/C17H26N2O/c1-4-5-16-14-15(2)6-7-17(16)20-13-12-19-10-8-18(3)9-11-19/h4,6-7,14H,1,5,8-13H2,2-3H3. The molecule has 20 heavy (non-hydrogen) atoms. The third kappa shape index (κ3) is 4.36. The van der Waals surface area contributed by atoms with Gasteiger partial charge in [-0.05, 0) is 32.0 Å². The highest BCUT2D eigenvalue weighted by Gasteiger charge is 2.13. The van der Waals surface area contributed by atoms with Crippen LogP contribution in [0.5, 0.6) is 5.75 Å². The molecule has 0 radical (unpaired) electrons. The molecule has 1 saturated heterocycles. The summed E-state index contributed by atoms with van der Waals surface area (Å²) in [5.74, 6) is 1.00. The van der Waals surface area contributed by atoms with Crippen LogP contribution in [0.3, 0.4) is 0 Å². The lowest BCUT2D eigenvalue weighted by Crippen LogP contribution is -2.45. The molecule has 1 aromatic rings. The Hall–Kier alpha value is -1.32. The number of hydrogen-bond acceptors (Lipinski definition) is 3. The molecule has 3 nitrogen and oxygen atoms in total. The lowest BCUT2D eigenvalue weighted by atomic mass is 10.1. The first-order valence-corrected chi connectivity index (χ1v) is 7.43. The number of rotatable bonds is 6. The van der Waals surface area contributed by atoms with E-state index in [4.69, 9.17) is 4.74 Å². The predicted octanol–water partition coefficient (Wildman–Crippen LogP) is 2.35. The second-order valence-electron chi connectivity index (χ2n) is 5.60. The van der Waals surface area contributed by atoms with E-state index in [0.29, 0.717) is 0 Å². The van der Waals surface area contributed by atoms with E-state index >= 15 is 0 Å². The minimum atomic E-state index is 0.761. The highest BCUT2D eigenvalue weighted by molar-refractivity contribution is 5.38. The van der Waals surface area contributed by atoms with E-state index in [1.807, 2.05) is 6.08 Å². The van der Waals surface area contributed by atoms with Crippen molar-refractivity contribution < 1.29 is 4.74 Å². The SMILES string of the molecule is C=CCc1cc(C)ccc1OCCN1CCN(C)CC1. The summed E-state index contributed by atoms with van der Waals surface area (Å²) >= 11 is 0. The number of benzene rings is 1. The van der Waals surface area contributed by atoms with E-state index < -0.39 is 0 Å². The Morgan fingerprint density at radius 3 is 2.70 bits per heavy atom. The van der Waals surface area contributed by atoms with Gasteiger partial charge in [-0.15, -0.1) is 6.58 Å². The van der Waals surface area contributed by atoms with E-state index in [-0.39, 0.29) is 0 Å². The third-order valence-electron chi connectivity index (χ3n) is 3.84.